The van der Waals surface area contributed by atoms with Crippen molar-refractivity contribution in [3.8, 4) is 0 Å². The molecule has 24 heavy (non-hydrogen) atoms. The Labute approximate surface area is 143 Å². The van der Waals surface area contributed by atoms with E-state index in [1.165, 1.54) is 0 Å². The van der Waals surface area contributed by atoms with Crippen LogP contribution >= 0.6 is 11.6 Å². The Morgan fingerprint density at radius 1 is 1.04 bits per heavy atom. The number of hydrogen-bond donors (Lipinski definition) is 2. The first kappa shape index (κ1) is 15.4. The number of ether oxygens (including phenoxy) is 1. The van der Waals surface area contributed by atoms with Gasteiger partial charge in [-0.25, -0.2) is 0 Å². The van der Waals surface area contributed by atoms with Crippen LogP contribution in [0.15, 0.2) is 36.4 Å². The number of carbonyl (C=O) groups is 2. The maximum atomic E-state index is 12.8. The lowest BCUT2D eigenvalue weighted by molar-refractivity contribution is -0.147. The third-order valence-electron chi connectivity index (χ3n) is 4.99. The summed E-state index contributed by atoms with van der Waals surface area (Å²) in [6.07, 6.45) is 0.767. The number of aliphatic carboxylic acids is 1. The summed E-state index contributed by atoms with van der Waals surface area (Å²) in [6.45, 7) is 0. The molecule has 124 valence electrons. The highest BCUT2D eigenvalue weighted by Crippen LogP contribution is 2.44. The SMILES string of the molecule is O=C(O)[C@@H]1[C@H](C(=O)Nc2ccc(Cl)c3ccccc23)[C@@H]2CC[C@H]1O2. The average molecular weight is 346 g/mol. The molecule has 2 aromatic rings. The molecule has 4 rings (SSSR count). The summed E-state index contributed by atoms with van der Waals surface area (Å²) >= 11 is 6.20. The zero-order valence-electron chi connectivity index (χ0n) is 12.7. The van der Waals surface area contributed by atoms with Crippen LogP contribution in [0.3, 0.4) is 0 Å². The van der Waals surface area contributed by atoms with Crippen LogP contribution in [0.1, 0.15) is 12.8 Å². The highest BCUT2D eigenvalue weighted by molar-refractivity contribution is 6.36. The van der Waals surface area contributed by atoms with Crippen molar-refractivity contribution in [2.45, 2.75) is 25.0 Å². The monoisotopic (exact) mass is 345 g/mol. The molecule has 2 aliphatic rings. The maximum Gasteiger partial charge on any atom is 0.310 e. The minimum atomic E-state index is -0.969. The Hall–Kier alpha value is -2.11. The third-order valence-corrected chi connectivity index (χ3v) is 5.32. The first-order valence-corrected chi connectivity index (χ1v) is 8.30. The standard InChI is InChI=1S/C18H16ClNO4/c19-11-5-6-12(10-4-2-1-3-9(10)11)20-17(21)15-13-7-8-14(24-13)16(15)18(22)23/h1-6,13-16H,7-8H2,(H,20,21)(H,22,23)/t13-,14+,15+,16-/m0/s1. The Balaban J connectivity index is 1.65. The van der Waals surface area contributed by atoms with Crippen molar-refractivity contribution >= 4 is 39.9 Å². The van der Waals surface area contributed by atoms with Gasteiger partial charge in [0.2, 0.25) is 5.91 Å². The molecule has 0 radical (unpaired) electrons. The van der Waals surface area contributed by atoms with Crippen molar-refractivity contribution in [2.75, 3.05) is 5.32 Å². The van der Waals surface area contributed by atoms with E-state index in [0.29, 0.717) is 17.1 Å². The molecule has 2 bridgehead atoms. The van der Waals surface area contributed by atoms with E-state index < -0.39 is 17.8 Å². The quantitative estimate of drug-likeness (QED) is 0.894. The largest absolute Gasteiger partial charge is 0.481 e. The fraction of sp³-hybridized carbons (Fsp3) is 0.333. The number of nitrogens with one attached hydrogen (secondary N) is 1. The fourth-order valence-corrected chi connectivity index (χ4v) is 4.14. The van der Waals surface area contributed by atoms with Gasteiger partial charge in [0.15, 0.2) is 0 Å². The molecule has 0 spiro atoms. The minimum Gasteiger partial charge on any atom is -0.481 e. The predicted molar refractivity (Wildman–Crippen MR) is 90.1 cm³/mol. The number of benzene rings is 2. The number of fused-ring (bicyclic) bond motifs is 3. The van der Waals surface area contributed by atoms with E-state index in [4.69, 9.17) is 16.3 Å². The van der Waals surface area contributed by atoms with Crippen LogP contribution in [0.4, 0.5) is 5.69 Å². The number of hydrogen-bond acceptors (Lipinski definition) is 3. The molecule has 2 fully saturated rings. The van der Waals surface area contributed by atoms with Gasteiger partial charge in [-0.05, 0) is 25.0 Å². The lowest BCUT2D eigenvalue weighted by Gasteiger charge is -2.24. The van der Waals surface area contributed by atoms with Gasteiger partial charge in [-0.2, -0.15) is 0 Å². The molecular weight excluding hydrogens is 330 g/mol. The summed E-state index contributed by atoms with van der Waals surface area (Å²) in [5.74, 6) is -2.71. The molecule has 0 aliphatic carbocycles. The number of carboxylic acids is 1. The Morgan fingerprint density at radius 2 is 1.71 bits per heavy atom. The maximum absolute atomic E-state index is 12.8. The molecule has 2 N–H and O–H groups in total. The molecule has 2 heterocycles. The number of rotatable bonds is 3. The number of amides is 1. The van der Waals surface area contributed by atoms with Gasteiger partial charge in [-0.3, -0.25) is 9.59 Å². The highest BCUT2D eigenvalue weighted by Gasteiger charge is 2.55. The molecule has 1 amide bonds. The van der Waals surface area contributed by atoms with E-state index in [2.05, 4.69) is 5.32 Å². The fourth-order valence-electron chi connectivity index (χ4n) is 3.91. The first-order valence-electron chi connectivity index (χ1n) is 7.92. The Morgan fingerprint density at radius 3 is 2.42 bits per heavy atom. The molecule has 2 aromatic carbocycles. The summed E-state index contributed by atoms with van der Waals surface area (Å²) < 4.78 is 5.66. The van der Waals surface area contributed by atoms with Crippen LogP contribution in [0, 0.1) is 11.8 Å². The van der Waals surface area contributed by atoms with E-state index in [1.807, 2.05) is 24.3 Å². The summed E-state index contributed by atoms with van der Waals surface area (Å²) in [7, 11) is 0. The smallest absolute Gasteiger partial charge is 0.310 e. The second kappa shape index (κ2) is 5.76. The molecular formula is C18H16ClNO4. The van der Waals surface area contributed by atoms with E-state index in [-0.39, 0.29) is 18.1 Å². The summed E-state index contributed by atoms with van der Waals surface area (Å²) in [5.41, 5.74) is 0.631. The topological polar surface area (TPSA) is 75.6 Å². The number of anilines is 1. The second-order valence-corrected chi connectivity index (χ2v) is 6.72. The molecule has 6 heteroatoms. The number of carboxylic acid groups (broad SMARTS) is 1. The van der Waals surface area contributed by atoms with Gasteiger partial charge in [-0.1, -0.05) is 35.9 Å². The van der Waals surface area contributed by atoms with E-state index in [0.717, 1.165) is 17.2 Å². The second-order valence-electron chi connectivity index (χ2n) is 6.31. The van der Waals surface area contributed by atoms with Gasteiger partial charge in [0.1, 0.15) is 0 Å². The first-order chi connectivity index (χ1) is 11.6. The molecule has 5 nitrogen and oxygen atoms in total. The lowest BCUT2D eigenvalue weighted by atomic mass is 9.78. The van der Waals surface area contributed by atoms with Crippen LogP contribution in [-0.2, 0) is 14.3 Å². The van der Waals surface area contributed by atoms with E-state index >= 15 is 0 Å². The van der Waals surface area contributed by atoms with E-state index in [9.17, 15) is 14.7 Å². The van der Waals surface area contributed by atoms with Gasteiger partial charge in [0.05, 0.1) is 24.0 Å². The lowest BCUT2D eigenvalue weighted by Crippen LogP contribution is -2.40. The molecule has 2 saturated heterocycles. The summed E-state index contributed by atoms with van der Waals surface area (Å²) in [4.78, 5) is 24.3. The van der Waals surface area contributed by atoms with Gasteiger partial charge < -0.3 is 15.2 Å². The van der Waals surface area contributed by atoms with Crippen molar-refractivity contribution < 1.29 is 19.4 Å². The zero-order valence-corrected chi connectivity index (χ0v) is 13.5. The number of halogens is 1. The highest BCUT2D eigenvalue weighted by atomic mass is 35.5. The zero-order chi connectivity index (χ0) is 16.8. The molecule has 4 atom stereocenters. The molecule has 0 saturated carbocycles. The van der Waals surface area contributed by atoms with Crippen molar-refractivity contribution in [1.29, 1.82) is 0 Å². The van der Waals surface area contributed by atoms with Gasteiger partial charge in [0.25, 0.3) is 0 Å². The van der Waals surface area contributed by atoms with Gasteiger partial charge in [0, 0.05) is 21.5 Å². The van der Waals surface area contributed by atoms with Gasteiger partial charge >= 0.3 is 5.97 Å². The normalized spacial score (nSPS) is 28.2. The van der Waals surface area contributed by atoms with Crippen molar-refractivity contribution in [1.82, 2.24) is 0 Å². The summed E-state index contributed by atoms with van der Waals surface area (Å²) in [5, 5.41) is 14.6. The van der Waals surface area contributed by atoms with Crippen LogP contribution in [0.25, 0.3) is 10.8 Å². The van der Waals surface area contributed by atoms with Crippen LogP contribution in [0.2, 0.25) is 5.02 Å². The van der Waals surface area contributed by atoms with Crippen LogP contribution < -0.4 is 5.32 Å². The third kappa shape index (κ3) is 2.36. The van der Waals surface area contributed by atoms with Crippen molar-refractivity contribution in [3.63, 3.8) is 0 Å². The molecule has 0 unspecified atom stereocenters. The minimum absolute atomic E-state index is 0.304. The predicted octanol–water partition coefficient (Wildman–Crippen LogP) is 3.31. The molecule has 0 aromatic heterocycles. The molecule has 2 aliphatic heterocycles. The number of carbonyl (C=O) groups excluding carboxylic acids is 1. The Bertz CT molecular complexity index is 837. The van der Waals surface area contributed by atoms with Crippen molar-refractivity contribution in [2.24, 2.45) is 11.8 Å². The van der Waals surface area contributed by atoms with Crippen LogP contribution in [-0.4, -0.2) is 29.2 Å². The average Bonchev–Trinajstić information content (AvgIpc) is 3.18. The van der Waals surface area contributed by atoms with Gasteiger partial charge in [-0.15, -0.1) is 0 Å². The van der Waals surface area contributed by atoms with Crippen molar-refractivity contribution in [3.05, 3.63) is 41.4 Å². The van der Waals surface area contributed by atoms with E-state index in [1.54, 1.807) is 12.1 Å². The Kier molecular flexibility index (Phi) is 3.70. The van der Waals surface area contributed by atoms with Crippen LogP contribution in [0.5, 0.6) is 0 Å². The summed E-state index contributed by atoms with van der Waals surface area (Å²) in [6, 6.07) is 11.0.